The number of carbonyl (C=O) groups is 2. The molecule has 2 amide bonds. The van der Waals surface area contributed by atoms with Crippen LogP contribution >= 0.6 is 11.6 Å². The third kappa shape index (κ3) is 3.24. The molecule has 2 fully saturated rings. The van der Waals surface area contributed by atoms with Crippen molar-refractivity contribution in [2.24, 2.45) is 5.92 Å². The van der Waals surface area contributed by atoms with Gasteiger partial charge in [-0.1, -0.05) is 48.0 Å². The van der Waals surface area contributed by atoms with Gasteiger partial charge in [-0.2, -0.15) is 0 Å². The van der Waals surface area contributed by atoms with Crippen LogP contribution in [0.4, 0.5) is 11.4 Å². The van der Waals surface area contributed by atoms with E-state index in [9.17, 15) is 9.59 Å². The number of hydrogen-bond acceptors (Lipinski definition) is 5. The molecule has 2 aliphatic rings. The van der Waals surface area contributed by atoms with Crippen molar-refractivity contribution >= 4 is 34.8 Å². The van der Waals surface area contributed by atoms with Gasteiger partial charge in [0.1, 0.15) is 11.7 Å². The highest BCUT2D eigenvalue weighted by atomic mass is 35.5. The Morgan fingerprint density at radius 1 is 0.871 bits per heavy atom. The van der Waals surface area contributed by atoms with Crippen molar-refractivity contribution in [3.05, 3.63) is 89.4 Å². The first-order valence-corrected chi connectivity index (χ1v) is 10.2. The summed E-state index contributed by atoms with van der Waals surface area (Å²) in [6.07, 6.45) is -0.917. The highest BCUT2D eigenvalue weighted by molar-refractivity contribution is 6.30. The molecule has 2 aliphatic heterocycles. The minimum absolute atomic E-state index is 0.304. The SMILES string of the molecule is COc1cccc(N2C(=O)[C@H]3[C@H](ON(c4ccccc4)[C@H]3c3ccc(Cl)cc3)C2=O)c1. The minimum Gasteiger partial charge on any atom is -0.497 e. The number of nitrogens with zero attached hydrogens (tertiary/aromatic N) is 2. The van der Waals surface area contributed by atoms with Crippen molar-refractivity contribution in [3.8, 4) is 5.75 Å². The molecular weight excluding hydrogens is 416 g/mol. The second-order valence-corrected chi connectivity index (χ2v) is 7.86. The van der Waals surface area contributed by atoms with E-state index in [0.717, 1.165) is 11.3 Å². The van der Waals surface area contributed by atoms with Gasteiger partial charge in [-0.05, 0) is 42.0 Å². The van der Waals surface area contributed by atoms with Gasteiger partial charge < -0.3 is 4.74 Å². The predicted octanol–water partition coefficient (Wildman–Crippen LogP) is 4.40. The van der Waals surface area contributed by atoms with Gasteiger partial charge >= 0.3 is 0 Å². The van der Waals surface area contributed by atoms with Crippen LogP contribution in [0.25, 0.3) is 0 Å². The molecule has 3 atom stereocenters. The molecule has 0 aromatic heterocycles. The van der Waals surface area contributed by atoms with Crippen LogP contribution in [0.15, 0.2) is 78.9 Å². The first kappa shape index (κ1) is 19.6. The van der Waals surface area contributed by atoms with Crippen LogP contribution in [0.2, 0.25) is 5.02 Å². The molecule has 5 rings (SSSR count). The number of hydrogen-bond donors (Lipinski definition) is 0. The zero-order valence-electron chi connectivity index (χ0n) is 16.6. The second kappa shape index (κ2) is 7.72. The van der Waals surface area contributed by atoms with Gasteiger partial charge in [0.15, 0.2) is 6.10 Å². The Morgan fingerprint density at radius 3 is 2.29 bits per heavy atom. The molecule has 7 heteroatoms. The van der Waals surface area contributed by atoms with Gasteiger partial charge in [0, 0.05) is 11.1 Å². The van der Waals surface area contributed by atoms with Gasteiger partial charge in [0.25, 0.3) is 5.91 Å². The van der Waals surface area contributed by atoms with Crippen LogP contribution in [-0.4, -0.2) is 25.0 Å². The van der Waals surface area contributed by atoms with Crippen molar-refractivity contribution in [1.29, 1.82) is 0 Å². The van der Waals surface area contributed by atoms with Crippen LogP contribution in [-0.2, 0) is 14.4 Å². The van der Waals surface area contributed by atoms with Crippen molar-refractivity contribution in [3.63, 3.8) is 0 Å². The quantitative estimate of drug-likeness (QED) is 0.570. The number of amides is 2. The number of halogens is 1. The Bertz CT molecular complexity index is 1140. The lowest BCUT2D eigenvalue weighted by atomic mass is 9.90. The number of rotatable bonds is 4. The van der Waals surface area contributed by atoms with E-state index in [0.29, 0.717) is 16.5 Å². The summed E-state index contributed by atoms with van der Waals surface area (Å²) in [5.74, 6) is -0.821. The normalized spacial score (nSPS) is 22.7. The van der Waals surface area contributed by atoms with Crippen molar-refractivity contribution < 1.29 is 19.2 Å². The maximum Gasteiger partial charge on any atom is 0.266 e. The number of benzene rings is 3. The van der Waals surface area contributed by atoms with Gasteiger partial charge in [0.05, 0.1) is 24.5 Å². The molecule has 156 valence electrons. The second-order valence-electron chi connectivity index (χ2n) is 7.42. The molecule has 0 radical (unpaired) electrons. The first-order valence-electron chi connectivity index (χ1n) is 9.87. The van der Waals surface area contributed by atoms with Crippen LogP contribution in [0.1, 0.15) is 11.6 Å². The molecule has 2 saturated heterocycles. The summed E-state index contributed by atoms with van der Waals surface area (Å²) in [7, 11) is 1.54. The Labute approximate surface area is 184 Å². The van der Waals surface area contributed by atoms with Crippen molar-refractivity contribution in [1.82, 2.24) is 0 Å². The molecule has 0 unspecified atom stereocenters. The van der Waals surface area contributed by atoms with Crippen molar-refractivity contribution in [2.45, 2.75) is 12.1 Å². The van der Waals surface area contributed by atoms with Gasteiger partial charge in [0.2, 0.25) is 5.91 Å². The summed E-state index contributed by atoms with van der Waals surface area (Å²) in [4.78, 5) is 34.2. The average molecular weight is 435 g/mol. The number of para-hydroxylation sites is 1. The van der Waals surface area contributed by atoms with E-state index in [4.69, 9.17) is 21.2 Å². The van der Waals surface area contributed by atoms with Crippen LogP contribution < -0.4 is 14.7 Å². The lowest BCUT2D eigenvalue weighted by Crippen LogP contribution is -2.37. The highest BCUT2D eigenvalue weighted by Gasteiger charge is 2.60. The van der Waals surface area contributed by atoms with E-state index in [-0.39, 0.29) is 11.8 Å². The van der Waals surface area contributed by atoms with E-state index in [2.05, 4.69) is 0 Å². The molecule has 0 saturated carbocycles. The van der Waals surface area contributed by atoms with E-state index in [1.54, 1.807) is 48.6 Å². The molecule has 2 heterocycles. The summed E-state index contributed by atoms with van der Waals surface area (Å²) >= 11 is 6.08. The van der Waals surface area contributed by atoms with Crippen molar-refractivity contribution in [2.75, 3.05) is 17.1 Å². The van der Waals surface area contributed by atoms with Gasteiger partial charge in [-0.15, -0.1) is 0 Å². The Kier molecular flexibility index (Phi) is 4.88. The van der Waals surface area contributed by atoms with E-state index < -0.39 is 18.1 Å². The first-order chi connectivity index (χ1) is 15.1. The number of imide groups is 1. The molecule has 3 aromatic rings. The predicted molar refractivity (Wildman–Crippen MR) is 117 cm³/mol. The molecule has 31 heavy (non-hydrogen) atoms. The zero-order chi connectivity index (χ0) is 21.5. The lowest BCUT2D eigenvalue weighted by molar-refractivity contribution is -0.126. The molecule has 0 aliphatic carbocycles. The maximum atomic E-state index is 13.6. The van der Waals surface area contributed by atoms with Crippen LogP contribution in [0.5, 0.6) is 5.75 Å². The van der Waals surface area contributed by atoms with E-state index in [1.807, 2.05) is 42.5 Å². The van der Waals surface area contributed by atoms with E-state index >= 15 is 0 Å². The molecule has 0 N–H and O–H groups in total. The Balaban J connectivity index is 1.57. The topological polar surface area (TPSA) is 59.1 Å². The maximum absolute atomic E-state index is 13.6. The number of anilines is 2. The standard InChI is InChI=1S/C24H19ClN2O4/c1-30-19-9-5-8-18(14-19)26-23(28)20-21(15-10-12-16(25)13-11-15)27(31-22(20)24(26)29)17-6-3-2-4-7-17/h2-14,20-22H,1H3/t20-,21+,22+/m1/s1. The smallest absolute Gasteiger partial charge is 0.266 e. The summed E-state index contributed by atoms with van der Waals surface area (Å²) in [6, 6.07) is 23.1. The lowest BCUT2D eigenvalue weighted by Gasteiger charge is -2.28. The summed E-state index contributed by atoms with van der Waals surface area (Å²) in [5.41, 5.74) is 2.08. The molecule has 0 spiro atoms. The summed E-state index contributed by atoms with van der Waals surface area (Å²) < 4.78 is 5.25. The van der Waals surface area contributed by atoms with Gasteiger partial charge in [-0.25, -0.2) is 9.96 Å². The number of hydroxylamine groups is 1. The van der Waals surface area contributed by atoms with Gasteiger partial charge in [-0.3, -0.25) is 14.4 Å². The fourth-order valence-corrected chi connectivity index (χ4v) is 4.34. The fourth-order valence-electron chi connectivity index (χ4n) is 4.22. The Hall–Kier alpha value is -3.35. The fraction of sp³-hybridized carbons (Fsp3) is 0.167. The summed E-state index contributed by atoms with van der Waals surface area (Å²) in [5, 5.41) is 2.26. The third-order valence-electron chi connectivity index (χ3n) is 5.65. The number of methoxy groups -OCH3 is 1. The van der Waals surface area contributed by atoms with Crippen LogP contribution in [0.3, 0.4) is 0 Å². The molecule has 6 nitrogen and oxygen atoms in total. The monoisotopic (exact) mass is 434 g/mol. The minimum atomic E-state index is -0.917. The Morgan fingerprint density at radius 2 is 1.58 bits per heavy atom. The van der Waals surface area contributed by atoms with E-state index in [1.165, 1.54) is 4.90 Å². The molecule has 0 bridgehead atoms. The zero-order valence-corrected chi connectivity index (χ0v) is 17.4. The summed E-state index contributed by atoms with van der Waals surface area (Å²) in [6.45, 7) is 0. The largest absolute Gasteiger partial charge is 0.497 e. The third-order valence-corrected chi connectivity index (χ3v) is 5.90. The highest BCUT2D eigenvalue weighted by Crippen LogP contribution is 2.47. The average Bonchev–Trinajstić information content (AvgIpc) is 3.31. The molecule has 3 aromatic carbocycles. The van der Waals surface area contributed by atoms with Crippen LogP contribution in [0, 0.1) is 5.92 Å². The number of ether oxygens (including phenoxy) is 1. The number of fused-ring (bicyclic) bond motifs is 1. The molecular formula is C24H19ClN2O4. The number of carbonyl (C=O) groups excluding carboxylic acids is 2.